The molecule has 3 aromatic carbocycles. The molecule has 4 nitrogen and oxygen atoms in total. The standard InChI is InChI=1S/C26H28N2O2/c29-21-13-15-27(16-14-21)17-18-30-25-12-6-11-24-26(25)22-9-4-5-10-23(22)28(24)19-20-7-2-1-3-8-20/h1-12,21,29H,13-19H2. The molecule has 1 aliphatic rings. The van der Waals surface area contributed by atoms with E-state index in [0.29, 0.717) is 6.61 Å². The van der Waals surface area contributed by atoms with Crippen LogP contribution < -0.4 is 4.74 Å². The van der Waals surface area contributed by atoms with Crippen molar-refractivity contribution in [3.8, 4) is 5.75 Å². The predicted molar refractivity (Wildman–Crippen MR) is 122 cm³/mol. The first-order chi connectivity index (χ1) is 14.8. The van der Waals surface area contributed by atoms with Crippen LogP contribution in [-0.2, 0) is 6.54 Å². The van der Waals surface area contributed by atoms with Crippen LogP contribution in [0.1, 0.15) is 18.4 Å². The van der Waals surface area contributed by atoms with E-state index in [1.54, 1.807) is 0 Å². The van der Waals surface area contributed by atoms with E-state index in [-0.39, 0.29) is 6.10 Å². The summed E-state index contributed by atoms with van der Waals surface area (Å²) < 4.78 is 8.69. The predicted octanol–water partition coefficient (Wildman–Crippen LogP) is 4.68. The van der Waals surface area contributed by atoms with Crippen molar-refractivity contribution in [3.63, 3.8) is 0 Å². The Hall–Kier alpha value is -2.82. The average molecular weight is 401 g/mol. The van der Waals surface area contributed by atoms with Crippen LogP contribution in [0.4, 0.5) is 0 Å². The fourth-order valence-corrected chi connectivity index (χ4v) is 4.55. The molecule has 1 aliphatic heterocycles. The zero-order valence-corrected chi connectivity index (χ0v) is 17.2. The van der Waals surface area contributed by atoms with Crippen LogP contribution >= 0.6 is 0 Å². The van der Waals surface area contributed by atoms with Gasteiger partial charge in [-0.25, -0.2) is 0 Å². The Balaban J connectivity index is 1.44. The topological polar surface area (TPSA) is 37.6 Å². The van der Waals surface area contributed by atoms with Crippen molar-refractivity contribution in [1.29, 1.82) is 0 Å². The Bertz CT molecular complexity index is 1130. The Kier molecular flexibility index (Phi) is 5.43. The number of hydrogen-bond donors (Lipinski definition) is 1. The van der Waals surface area contributed by atoms with Gasteiger partial charge in [-0.15, -0.1) is 0 Å². The van der Waals surface area contributed by atoms with Crippen molar-refractivity contribution in [1.82, 2.24) is 9.47 Å². The van der Waals surface area contributed by atoms with Crippen molar-refractivity contribution in [3.05, 3.63) is 78.4 Å². The Morgan fingerprint density at radius 3 is 2.40 bits per heavy atom. The van der Waals surface area contributed by atoms with E-state index in [4.69, 9.17) is 4.74 Å². The van der Waals surface area contributed by atoms with Gasteiger partial charge in [0.2, 0.25) is 0 Å². The highest BCUT2D eigenvalue weighted by molar-refractivity contribution is 6.11. The lowest BCUT2D eigenvalue weighted by molar-refractivity contribution is 0.0756. The highest BCUT2D eigenvalue weighted by atomic mass is 16.5. The largest absolute Gasteiger partial charge is 0.492 e. The second-order valence-corrected chi connectivity index (χ2v) is 8.16. The molecule has 2 heterocycles. The lowest BCUT2D eigenvalue weighted by atomic mass is 10.1. The Morgan fingerprint density at radius 2 is 1.57 bits per heavy atom. The molecule has 5 rings (SSSR count). The Morgan fingerprint density at radius 1 is 0.833 bits per heavy atom. The molecule has 1 N–H and O–H groups in total. The van der Waals surface area contributed by atoms with Gasteiger partial charge >= 0.3 is 0 Å². The Labute approximate surface area is 177 Å². The zero-order chi connectivity index (χ0) is 20.3. The monoisotopic (exact) mass is 400 g/mol. The first-order valence-corrected chi connectivity index (χ1v) is 10.9. The molecule has 30 heavy (non-hydrogen) atoms. The third kappa shape index (κ3) is 3.81. The van der Waals surface area contributed by atoms with Crippen molar-refractivity contribution in [2.75, 3.05) is 26.2 Å². The summed E-state index contributed by atoms with van der Waals surface area (Å²) in [6.07, 6.45) is 1.59. The normalized spacial score (nSPS) is 15.8. The molecular weight excluding hydrogens is 372 g/mol. The molecule has 154 valence electrons. The third-order valence-electron chi connectivity index (χ3n) is 6.16. The highest BCUT2D eigenvalue weighted by Crippen LogP contribution is 2.36. The molecule has 4 aromatic rings. The van der Waals surface area contributed by atoms with Gasteiger partial charge in [0.25, 0.3) is 0 Å². The van der Waals surface area contributed by atoms with Crippen molar-refractivity contribution >= 4 is 21.8 Å². The lowest BCUT2D eigenvalue weighted by Crippen LogP contribution is -2.38. The van der Waals surface area contributed by atoms with Crippen molar-refractivity contribution in [2.24, 2.45) is 0 Å². The van der Waals surface area contributed by atoms with Gasteiger partial charge in [-0.1, -0.05) is 54.6 Å². The van der Waals surface area contributed by atoms with Crippen LogP contribution in [0, 0.1) is 0 Å². The number of hydrogen-bond acceptors (Lipinski definition) is 3. The van der Waals surface area contributed by atoms with Gasteiger partial charge in [0.15, 0.2) is 0 Å². The molecule has 0 spiro atoms. The minimum absolute atomic E-state index is 0.133. The number of para-hydroxylation sites is 1. The van der Waals surface area contributed by atoms with E-state index in [0.717, 1.165) is 44.8 Å². The van der Waals surface area contributed by atoms with Crippen molar-refractivity contribution in [2.45, 2.75) is 25.5 Å². The summed E-state index contributed by atoms with van der Waals surface area (Å²) in [4.78, 5) is 2.38. The van der Waals surface area contributed by atoms with Gasteiger partial charge in [0, 0.05) is 42.5 Å². The summed E-state index contributed by atoms with van der Waals surface area (Å²) in [5.74, 6) is 0.951. The van der Waals surface area contributed by atoms with E-state index in [2.05, 4.69) is 82.3 Å². The summed E-state index contributed by atoms with van der Waals surface area (Å²) >= 11 is 0. The summed E-state index contributed by atoms with van der Waals surface area (Å²) in [5.41, 5.74) is 3.73. The smallest absolute Gasteiger partial charge is 0.129 e. The molecule has 0 saturated carbocycles. The molecule has 0 atom stereocenters. The van der Waals surface area contributed by atoms with Gasteiger partial charge < -0.3 is 14.4 Å². The number of piperidine rings is 1. The first-order valence-electron chi connectivity index (χ1n) is 10.9. The van der Waals surface area contributed by atoms with Gasteiger partial charge in [0.05, 0.1) is 11.6 Å². The van der Waals surface area contributed by atoms with E-state index in [1.165, 1.54) is 27.4 Å². The maximum Gasteiger partial charge on any atom is 0.129 e. The minimum Gasteiger partial charge on any atom is -0.492 e. The molecule has 4 heteroatoms. The molecule has 0 bridgehead atoms. The van der Waals surface area contributed by atoms with E-state index in [9.17, 15) is 5.11 Å². The summed E-state index contributed by atoms with van der Waals surface area (Å²) in [5, 5.41) is 12.1. The van der Waals surface area contributed by atoms with Crippen molar-refractivity contribution < 1.29 is 9.84 Å². The SMILES string of the molecule is OC1CCN(CCOc2cccc3c2c2ccccc2n3Cc2ccccc2)CC1. The second kappa shape index (κ2) is 8.50. The van der Waals surface area contributed by atoms with Gasteiger partial charge in [-0.3, -0.25) is 4.90 Å². The second-order valence-electron chi connectivity index (χ2n) is 8.16. The number of nitrogens with zero attached hydrogens (tertiary/aromatic N) is 2. The zero-order valence-electron chi connectivity index (χ0n) is 17.2. The molecule has 0 unspecified atom stereocenters. The highest BCUT2D eigenvalue weighted by Gasteiger charge is 2.18. The molecule has 0 aliphatic carbocycles. The molecule has 1 fully saturated rings. The van der Waals surface area contributed by atoms with Crippen LogP contribution in [0.25, 0.3) is 21.8 Å². The summed E-state index contributed by atoms with van der Waals surface area (Å²) in [6, 6.07) is 25.6. The molecule has 1 saturated heterocycles. The minimum atomic E-state index is -0.133. The number of aliphatic hydroxyl groups is 1. The van der Waals surface area contributed by atoms with Gasteiger partial charge in [-0.05, 0) is 36.6 Å². The van der Waals surface area contributed by atoms with Crippen LogP contribution in [0.15, 0.2) is 72.8 Å². The number of fused-ring (bicyclic) bond motifs is 3. The summed E-state index contributed by atoms with van der Waals surface area (Å²) in [7, 11) is 0. The van der Waals surface area contributed by atoms with Crippen LogP contribution in [0.2, 0.25) is 0 Å². The van der Waals surface area contributed by atoms with E-state index < -0.39 is 0 Å². The molecule has 0 amide bonds. The van der Waals surface area contributed by atoms with Gasteiger partial charge in [-0.2, -0.15) is 0 Å². The average Bonchev–Trinajstić information content (AvgIpc) is 3.10. The fraction of sp³-hybridized carbons (Fsp3) is 0.308. The maximum absolute atomic E-state index is 9.70. The maximum atomic E-state index is 9.70. The number of rotatable bonds is 6. The van der Waals surface area contributed by atoms with Crippen LogP contribution in [-0.4, -0.2) is 46.9 Å². The number of likely N-dealkylation sites (tertiary alicyclic amines) is 1. The molecular formula is C26H28N2O2. The number of benzene rings is 3. The fourth-order valence-electron chi connectivity index (χ4n) is 4.55. The number of aliphatic hydroxyl groups excluding tert-OH is 1. The number of ether oxygens (including phenoxy) is 1. The van der Waals surface area contributed by atoms with Crippen LogP contribution in [0.5, 0.6) is 5.75 Å². The molecule has 0 radical (unpaired) electrons. The van der Waals surface area contributed by atoms with Gasteiger partial charge in [0.1, 0.15) is 12.4 Å². The third-order valence-corrected chi connectivity index (χ3v) is 6.16. The summed E-state index contributed by atoms with van der Waals surface area (Å²) in [6.45, 7) is 4.29. The first kappa shape index (κ1) is 19.2. The van der Waals surface area contributed by atoms with E-state index >= 15 is 0 Å². The lowest BCUT2D eigenvalue weighted by Gasteiger charge is -2.29. The number of aromatic nitrogens is 1. The quantitative estimate of drug-likeness (QED) is 0.511. The van der Waals surface area contributed by atoms with E-state index in [1.807, 2.05) is 0 Å². The van der Waals surface area contributed by atoms with Crippen LogP contribution in [0.3, 0.4) is 0 Å². The molecule has 1 aromatic heterocycles.